The zero-order valence-corrected chi connectivity index (χ0v) is 15.2. The Morgan fingerprint density at radius 3 is 2.42 bits per heavy atom. The van der Waals surface area contributed by atoms with E-state index in [9.17, 15) is 23.1 Å². The van der Waals surface area contributed by atoms with Crippen molar-refractivity contribution in [2.45, 2.75) is 11.9 Å². The molecule has 1 aliphatic rings. The molecule has 0 bridgehead atoms. The van der Waals surface area contributed by atoms with Gasteiger partial charge in [0.25, 0.3) is 11.6 Å². The van der Waals surface area contributed by atoms with E-state index in [-0.39, 0.29) is 21.3 Å². The van der Waals surface area contributed by atoms with Crippen LogP contribution in [0.4, 0.5) is 13.2 Å². The minimum atomic E-state index is -5.12. The number of amides is 1. The van der Waals surface area contributed by atoms with Crippen molar-refractivity contribution < 1.29 is 23.1 Å². The number of hydrogen-bond acceptors (Lipinski definition) is 3. The first-order valence-corrected chi connectivity index (χ1v) is 8.43. The number of halogens is 5. The molecule has 0 fully saturated rings. The number of hydrazine groups is 1. The number of carbonyl (C=O) groups is 1. The van der Waals surface area contributed by atoms with E-state index in [1.165, 1.54) is 24.3 Å². The van der Waals surface area contributed by atoms with Crippen LogP contribution in [0.3, 0.4) is 0 Å². The molecule has 136 valence electrons. The number of nitrogens with zero attached hydrogens (tertiary/aromatic N) is 1. The van der Waals surface area contributed by atoms with E-state index >= 15 is 0 Å². The summed E-state index contributed by atoms with van der Waals surface area (Å²) >= 11 is 9.04. The maximum atomic E-state index is 13.5. The third kappa shape index (κ3) is 3.32. The Hall–Kier alpha value is -2.03. The molecular formula is C17H11BrClF3N2O2. The molecule has 26 heavy (non-hydrogen) atoms. The Bertz CT molecular complexity index is 886. The molecule has 0 saturated carbocycles. The number of carbonyl (C=O) groups excluding carboxylic acids is 1. The maximum Gasteiger partial charge on any atom is 0.442 e. The van der Waals surface area contributed by atoms with Gasteiger partial charge in [-0.25, -0.2) is 5.01 Å². The molecule has 1 aliphatic heterocycles. The van der Waals surface area contributed by atoms with E-state index in [2.05, 4.69) is 21.4 Å². The van der Waals surface area contributed by atoms with Gasteiger partial charge in [-0.05, 0) is 35.9 Å². The highest BCUT2D eigenvalue weighted by atomic mass is 79.9. The van der Waals surface area contributed by atoms with Crippen molar-refractivity contribution in [3.63, 3.8) is 0 Å². The van der Waals surface area contributed by atoms with Crippen LogP contribution < -0.4 is 5.43 Å². The largest absolute Gasteiger partial charge is 0.442 e. The van der Waals surface area contributed by atoms with Gasteiger partial charge in [-0.1, -0.05) is 45.7 Å². The molecule has 0 aliphatic carbocycles. The minimum Gasteiger partial charge on any atom is -0.359 e. The number of alkyl halides is 3. The molecule has 2 N–H and O–H groups in total. The third-order valence-electron chi connectivity index (χ3n) is 3.77. The monoisotopic (exact) mass is 446 g/mol. The summed E-state index contributed by atoms with van der Waals surface area (Å²) in [6, 6.07) is 11.8. The zero-order chi connectivity index (χ0) is 19.1. The van der Waals surface area contributed by atoms with E-state index < -0.39 is 17.8 Å². The van der Waals surface area contributed by atoms with E-state index in [1.807, 2.05) is 0 Å². The Balaban J connectivity index is 2.02. The van der Waals surface area contributed by atoms with Crippen molar-refractivity contribution in [1.29, 1.82) is 0 Å². The molecule has 0 spiro atoms. The van der Waals surface area contributed by atoms with Crippen molar-refractivity contribution in [1.82, 2.24) is 10.4 Å². The Morgan fingerprint density at radius 2 is 1.85 bits per heavy atom. The topological polar surface area (TPSA) is 52.6 Å². The van der Waals surface area contributed by atoms with Crippen LogP contribution in [0, 0.1) is 0 Å². The lowest BCUT2D eigenvalue weighted by Crippen LogP contribution is -2.60. The molecule has 0 unspecified atom stereocenters. The second kappa shape index (κ2) is 6.61. The molecule has 0 aromatic heterocycles. The summed E-state index contributed by atoms with van der Waals surface area (Å²) in [5, 5.41) is 10.6. The highest BCUT2D eigenvalue weighted by Crippen LogP contribution is 2.40. The number of hydrogen-bond donors (Lipinski definition) is 2. The lowest BCUT2D eigenvalue weighted by Gasteiger charge is -2.33. The predicted molar refractivity (Wildman–Crippen MR) is 93.9 cm³/mol. The van der Waals surface area contributed by atoms with Crippen LogP contribution in [0.5, 0.6) is 0 Å². The first kappa shape index (κ1) is 18.8. The molecule has 9 heteroatoms. The number of rotatable bonds is 2. The highest BCUT2D eigenvalue weighted by Gasteiger charge is 2.61. The number of aliphatic hydroxyl groups is 1. The summed E-state index contributed by atoms with van der Waals surface area (Å²) in [6.45, 7) is 0. The van der Waals surface area contributed by atoms with Crippen molar-refractivity contribution in [2.24, 2.45) is 0 Å². The normalized spacial score (nSPS) is 19.9. The summed E-state index contributed by atoms with van der Waals surface area (Å²) < 4.78 is 41.4. The molecule has 2 aromatic carbocycles. The van der Waals surface area contributed by atoms with Crippen molar-refractivity contribution in [3.05, 3.63) is 75.2 Å². The third-order valence-corrected chi connectivity index (χ3v) is 4.53. The van der Waals surface area contributed by atoms with Gasteiger partial charge in [-0.3, -0.25) is 10.2 Å². The SMILES string of the molecule is O=C(c1cccc(Cl)c1)N1NC(c2ccc(Br)cc2)=C[C@]1(O)C(F)(F)F. The number of nitrogens with one attached hydrogen (secondary N) is 1. The Kier molecular flexibility index (Phi) is 4.76. The molecule has 1 heterocycles. The lowest BCUT2D eigenvalue weighted by molar-refractivity contribution is -0.283. The minimum absolute atomic E-state index is 0.0484. The molecule has 0 saturated heterocycles. The van der Waals surface area contributed by atoms with Gasteiger partial charge in [0.05, 0.1) is 5.70 Å². The second-order valence-electron chi connectivity index (χ2n) is 5.55. The van der Waals surface area contributed by atoms with Crippen LogP contribution in [0.1, 0.15) is 15.9 Å². The maximum absolute atomic E-state index is 13.5. The molecule has 0 radical (unpaired) electrons. The van der Waals surface area contributed by atoms with E-state index in [4.69, 9.17) is 11.6 Å². The summed E-state index contributed by atoms with van der Waals surface area (Å²) in [5.41, 5.74) is -0.922. The summed E-state index contributed by atoms with van der Waals surface area (Å²) in [5.74, 6) is -1.07. The molecule has 1 amide bonds. The first-order chi connectivity index (χ1) is 12.1. The van der Waals surface area contributed by atoms with Gasteiger partial charge < -0.3 is 5.11 Å². The van der Waals surface area contributed by atoms with Crippen LogP contribution >= 0.6 is 27.5 Å². The van der Waals surface area contributed by atoms with Gasteiger partial charge in [-0.2, -0.15) is 13.2 Å². The average Bonchev–Trinajstić information content (AvgIpc) is 2.94. The number of benzene rings is 2. The standard InChI is InChI=1S/C17H11BrClF3N2O2/c18-12-6-4-10(5-7-12)14-9-16(26,17(20,21)22)24(23-14)15(25)11-2-1-3-13(19)8-11/h1-9,23,26H/t16-/m0/s1. The highest BCUT2D eigenvalue weighted by molar-refractivity contribution is 9.10. The first-order valence-electron chi connectivity index (χ1n) is 7.26. The lowest BCUT2D eigenvalue weighted by atomic mass is 10.1. The molecule has 2 aromatic rings. The summed E-state index contributed by atoms with van der Waals surface area (Å²) in [4.78, 5) is 12.6. The second-order valence-corrected chi connectivity index (χ2v) is 6.90. The fourth-order valence-corrected chi connectivity index (χ4v) is 2.90. The van der Waals surface area contributed by atoms with Crippen molar-refractivity contribution in [3.8, 4) is 0 Å². The van der Waals surface area contributed by atoms with Gasteiger partial charge in [0.1, 0.15) is 0 Å². The summed E-state index contributed by atoms with van der Waals surface area (Å²) in [6.07, 6.45) is -4.55. The molecule has 4 nitrogen and oxygen atoms in total. The fraction of sp³-hybridized carbons (Fsp3) is 0.118. The summed E-state index contributed by atoms with van der Waals surface area (Å²) in [7, 11) is 0. The van der Waals surface area contributed by atoms with Gasteiger partial charge in [0, 0.05) is 21.1 Å². The quantitative estimate of drug-likeness (QED) is 0.719. The average molecular weight is 448 g/mol. The molecule has 1 atom stereocenters. The van der Waals surface area contributed by atoms with Crippen LogP contribution in [-0.2, 0) is 0 Å². The van der Waals surface area contributed by atoms with Gasteiger partial charge in [0.2, 0.25) is 0 Å². The van der Waals surface area contributed by atoms with Crippen molar-refractivity contribution in [2.75, 3.05) is 0 Å². The van der Waals surface area contributed by atoms with Crippen LogP contribution in [-0.4, -0.2) is 27.9 Å². The van der Waals surface area contributed by atoms with Crippen LogP contribution in [0.25, 0.3) is 5.70 Å². The predicted octanol–water partition coefficient (Wildman–Crippen LogP) is 4.35. The van der Waals surface area contributed by atoms with Gasteiger partial charge >= 0.3 is 6.18 Å². The van der Waals surface area contributed by atoms with E-state index in [1.54, 1.807) is 24.3 Å². The van der Waals surface area contributed by atoms with Gasteiger partial charge in [0.15, 0.2) is 0 Å². The van der Waals surface area contributed by atoms with Crippen LogP contribution in [0.2, 0.25) is 5.02 Å². The van der Waals surface area contributed by atoms with Crippen molar-refractivity contribution >= 4 is 39.1 Å². The molecule has 3 rings (SSSR count). The van der Waals surface area contributed by atoms with Gasteiger partial charge in [-0.15, -0.1) is 0 Å². The zero-order valence-electron chi connectivity index (χ0n) is 12.9. The van der Waals surface area contributed by atoms with Crippen LogP contribution in [0.15, 0.2) is 59.1 Å². The fourth-order valence-electron chi connectivity index (χ4n) is 2.45. The van der Waals surface area contributed by atoms with E-state index in [0.29, 0.717) is 11.6 Å². The smallest absolute Gasteiger partial charge is 0.359 e. The molecular weight excluding hydrogens is 437 g/mol. The Labute approximate surface area is 160 Å². The Morgan fingerprint density at radius 1 is 1.19 bits per heavy atom. The van der Waals surface area contributed by atoms with E-state index in [0.717, 1.165) is 4.47 Å².